The molecule has 1 aromatic rings. The Balaban J connectivity index is 2.58. The van der Waals surface area contributed by atoms with Crippen molar-refractivity contribution >= 4 is 11.7 Å². The molecule has 0 unspecified atom stereocenters. The third-order valence-electron chi connectivity index (χ3n) is 2.64. The molecule has 0 aliphatic heterocycles. The van der Waals surface area contributed by atoms with Gasteiger partial charge in [-0.05, 0) is 30.8 Å². The first-order chi connectivity index (χ1) is 8.19. The first kappa shape index (κ1) is 13.5. The molecule has 5 nitrogen and oxygen atoms in total. The van der Waals surface area contributed by atoms with Gasteiger partial charge < -0.3 is 5.32 Å². The van der Waals surface area contributed by atoms with Crippen molar-refractivity contribution in [3.8, 4) is 0 Å². The lowest BCUT2D eigenvalue weighted by Gasteiger charge is -2.18. The predicted octanol–water partition coefficient (Wildman–Crippen LogP) is 1.52. The number of anilines is 1. The lowest BCUT2D eigenvalue weighted by Crippen LogP contribution is -2.34. The quantitative estimate of drug-likeness (QED) is 0.412. The van der Waals surface area contributed by atoms with Crippen molar-refractivity contribution in [3.63, 3.8) is 0 Å². The summed E-state index contributed by atoms with van der Waals surface area (Å²) in [6.45, 7) is 7.28. The van der Waals surface area contributed by atoms with Crippen molar-refractivity contribution in [2.24, 2.45) is 5.84 Å². The maximum absolute atomic E-state index is 11.0. The monoisotopic (exact) mass is 236 g/mol. The average molecular weight is 236 g/mol. The fraction of sp³-hybridized carbons (Fsp3) is 0.417. The van der Waals surface area contributed by atoms with E-state index in [9.17, 15) is 4.79 Å². The predicted molar refractivity (Wildman–Crippen MR) is 69.4 cm³/mol. The second kappa shape index (κ2) is 6.88. The molecule has 0 atom stereocenters. The standard InChI is InChI=1S/C12H20N4O/c1-3-16(4-2)9-10-5-7-11(8-6-10)14-12(17)15-13/h5-8H,3-4,9,13H2,1-2H3,(H2,14,15,17). The van der Waals surface area contributed by atoms with Gasteiger partial charge in [0.2, 0.25) is 0 Å². The minimum absolute atomic E-state index is 0.415. The van der Waals surface area contributed by atoms with Crippen molar-refractivity contribution < 1.29 is 4.79 Å². The average Bonchev–Trinajstić information content (AvgIpc) is 2.37. The highest BCUT2D eigenvalue weighted by atomic mass is 16.2. The van der Waals surface area contributed by atoms with E-state index in [1.54, 1.807) is 0 Å². The van der Waals surface area contributed by atoms with E-state index in [-0.39, 0.29) is 0 Å². The van der Waals surface area contributed by atoms with Crippen LogP contribution in [0.3, 0.4) is 0 Å². The largest absolute Gasteiger partial charge is 0.333 e. The fourth-order valence-corrected chi connectivity index (χ4v) is 1.57. The first-order valence-electron chi connectivity index (χ1n) is 5.78. The summed E-state index contributed by atoms with van der Waals surface area (Å²) in [6.07, 6.45) is 0. The van der Waals surface area contributed by atoms with Crippen LogP contribution in [-0.4, -0.2) is 24.0 Å². The second-order valence-corrected chi connectivity index (χ2v) is 3.76. The number of nitrogens with zero attached hydrogens (tertiary/aromatic N) is 1. The van der Waals surface area contributed by atoms with E-state index < -0.39 is 6.03 Å². The normalized spacial score (nSPS) is 10.4. The first-order valence-corrected chi connectivity index (χ1v) is 5.78. The molecule has 0 radical (unpaired) electrons. The third-order valence-corrected chi connectivity index (χ3v) is 2.64. The zero-order chi connectivity index (χ0) is 12.7. The van der Waals surface area contributed by atoms with Gasteiger partial charge in [-0.1, -0.05) is 26.0 Å². The van der Waals surface area contributed by atoms with E-state index >= 15 is 0 Å². The molecule has 0 saturated heterocycles. The van der Waals surface area contributed by atoms with Crippen LogP contribution in [0, 0.1) is 0 Å². The Morgan fingerprint density at radius 3 is 2.29 bits per heavy atom. The third kappa shape index (κ3) is 4.42. The molecule has 0 bridgehead atoms. The van der Waals surface area contributed by atoms with Crippen molar-refractivity contribution in [3.05, 3.63) is 29.8 Å². The fourth-order valence-electron chi connectivity index (χ4n) is 1.57. The van der Waals surface area contributed by atoms with Gasteiger partial charge in [0.05, 0.1) is 0 Å². The van der Waals surface area contributed by atoms with Gasteiger partial charge in [0.1, 0.15) is 0 Å². The topological polar surface area (TPSA) is 70.4 Å². The van der Waals surface area contributed by atoms with E-state index in [4.69, 9.17) is 5.84 Å². The number of hydrazine groups is 1. The van der Waals surface area contributed by atoms with Crippen LogP contribution in [0.5, 0.6) is 0 Å². The number of nitrogens with two attached hydrogens (primary N) is 1. The Kier molecular flexibility index (Phi) is 5.45. The number of nitrogens with one attached hydrogen (secondary N) is 2. The summed E-state index contributed by atoms with van der Waals surface area (Å²) in [6, 6.07) is 7.33. The number of urea groups is 1. The van der Waals surface area contributed by atoms with Gasteiger partial charge in [0.25, 0.3) is 0 Å². The number of amides is 2. The molecule has 1 rings (SSSR count). The maximum Gasteiger partial charge on any atom is 0.333 e. The molecule has 0 aromatic heterocycles. The lowest BCUT2D eigenvalue weighted by atomic mass is 10.2. The van der Waals surface area contributed by atoms with E-state index in [0.29, 0.717) is 0 Å². The van der Waals surface area contributed by atoms with Crippen LogP contribution >= 0.6 is 0 Å². The molecule has 0 saturated carbocycles. The molecular formula is C12H20N4O. The van der Waals surface area contributed by atoms with Gasteiger partial charge in [-0.15, -0.1) is 0 Å². The van der Waals surface area contributed by atoms with Crippen LogP contribution in [-0.2, 0) is 6.54 Å². The van der Waals surface area contributed by atoms with Gasteiger partial charge in [0.15, 0.2) is 0 Å². The molecule has 5 heteroatoms. The molecule has 0 fully saturated rings. The van der Waals surface area contributed by atoms with Gasteiger partial charge >= 0.3 is 6.03 Å². The molecule has 17 heavy (non-hydrogen) atoms. The maximum atomic E-state index is 11.0. The molecule has 0 spiro atoms. The zero-order valence-electron chi connectivity index (χ0n) is 10.4. The summed E-state index contributed by atoms with van der Waals surface area (Å²) >= 11 is 0. The molecule has 0 heterocycles. The van der Waals surface area contributed by atoms with Crippen LogP contribution in [0.4, 0.5) is 10.5 Å². The highest BCUT2D eigenvalue weighted by Gasteiger charge is 2.02. The Labute approximate surface area is 102 Å². The van der Waals surface area contributed by atoms with Gasteiger partial charge in [0, 0.05) is 12.2 Å². The Bertz CT molecular complexity index is 346. The van der Waals surface area contributed by atoms with Crippen molar-refractivity contribution in [1.29, 1.82) is 0 Å². The summed E-state index contributed by atoms with van der Waals surface area (Å²) < 4.78 is 0. The number of hydrogen-bond donors (Lipinski definition) is 3. The molecule has 0 aliphatic rings. The minimum Gasteiger partial charge on any atom is -0.307 e. The molecule has 0 aliphatic carbocycles. The second-order valence-electron chi connectivity index (χ2n) is 3.76. The molecule has 4 N–H and O–H groups in total. The molecule has 94 valence electrons. The molecule has 1 aromatic carbocycles. The minimum atomic E-state index is -0.415. The number of benzene rings is 1. The van der Waals surface area contributed by atoms with Crippen LogP contribution in [0.25, 0.3) is 0 Å². The number of rotatable bonds is 5. The summed E-state index contributed by atoms with van der Waals surface area (Å²) in [4.78, 5) is 13.3. The van der Waals surface area contributed by atoms with Crippen LogP contribution < -0.4 is 16.6 Å². The number of hydrogen-bond acceptors (Lipinski definition) is 3. The zero-order valence-corrected chi connectivity index (χ0v) is 10.4. The van der Waals surface area contributed by atoms with Crippen molar-refractivity contribution in [2.75, 3.05) is 18.4 Å². The summed E-state index contributed by atoms with van der Waals surface area (Å²) in [7, 11) is 0. The van der Waals surface area contributed by atoms with Crippen LogP contribution in [0.1, 0.15) is 19.4 Å². The smallest absolute Gasteiger partial charge is 0.307 e. The van der Waals surface area contributed by atoms with Crippen LogP contribution in [0.15, 0.2) is 24.3 Å². The van der Waals surface area contributed by atoms with Gasteiger partial charge in [-0.2, -0.15) is 0 Å². The highest BCUT2D eigenvalue weighted by molar-refractivity contribution is 5.88. The summed E-state index contributed by atoms with van der Waals surface area (Å²) in [5.41, 5.74) is 3.98. The lowest BCUT2D eigenvalue weighted by molar-refractivity contribution is 0.252. The van der Waals surface area contributed by atoms with Crippen molar-refractivity contribution in [2.45, 2.75) is 20.4 Å². The Morgan fingerprint density at radius 1 is 1.24 bits per heavy atom. The summed E-state index contributed by atoms with van der Waals surface area (Å²) in [5.74, 6) is 4.98. The Hall–Kier alpha value is -1.59. The highest BCUT2D eigenvalue weighted by Crippen LogP contribution is 2.11. The SMILES string of the molecule is CCN(CC)Cc1ccc(NC(=O)NN)cc1. The van der Waals surface area contributed by atoms with E-state index in [1.807, 2.05) is 29.7 Å². The Morgan fingerprint density at radius 2 is 1.82 bits per heavy atom. The molecule has 2 amide bonds. The van der Waals surface area contributed by atoms with Gasteiger partial charge in [-0.25, -0.2) is 10.6 Å². The van der Waals surface area contributed by atoms with E-state index in [2.05, 4.69) is 24.1 Å². The summed E-state index contributed by atoms with van der Waals surface area (Å²) in [5, 5.41) is 2.61. The van der Waals surface area contributed by atoms with E-state index in [0.717, 1.165) is 25.3 Å². The van der Waals surface area contributed by atoms with Crippen LogP contribution in [0.2, 0.25) is 0 Å². The number of carbonyl (C=O) groups excluding carboxylic acids is 1. The van der Waals surface area contributed by atoms with Crippen molar-refractivity contribution in [1.82, 2.24) is 10.3 Å². The number of carbonyl (C=O) groups is 1. The van der Waals surface area contributed by atoms with E-state index in [1.165, 1.54) is 5.56 Å². The van der Waals surface area contributed by atoms with Gasteiger partial charge in [-0.3, -0.25) is 10.3 Å². The molecular weight excluding hydrogens is 216 g/mol.